The van der Waals surface area contributed by atoms with Crippen molar-refractivity contribution in [2.24, 2.45) is 5.73 Å². The van der Waals surface area contributed by atoms with Crippen molar-refractivity contribution in [3.63, 3.8) is 0 Å². The number of ether oxygens (including phenoxy) is 1. The SMILES string of the molecule is CC1(C)CC(N)c2cccc(C(F)(F)F)c2O1. The smallest absolute Gasteiger partial charge is 0.419 e. The fourth-order valence-electron chi connectivity index (χ4n) is 2.14. The van der Waals surface area contributed by atoms with E-state index < -0.39 is 23.4 Å². The molecule has 1 atom stereocenters. The van der Waals surface area contributed by atoms with Gasteiger partial charge in [-0.3, -0.25) is 0 Å². The molecule has 1 unspecified atom stereocenters. The summed E-state index contributed by atoms with van der Waals surface area (Å²) in [5.41, 5.74) is 4.89. The highest BCUT2D eigenvalue weighted by Gasteiger charge is 2.40. The quantitative estimate of drug-likeness (QED) is 0.761. The molecule has 2 nitrogen and oxygen atoms in total. The lowest BCUT2D eigenvalue weighted by atomic mass is 9.89. The summed E-state index contributed by atoms with van der Waals surface area (Å²) in [6.07, 6.45) is -3.92. The maximum absolute atomic E-state index is 12.8. The van der Waals surface area contributed by atoms with Gasteiger partial charge in [0.15, 0.2) is 0 Å². The third kappa shape index (κ3) is 2.24. The van der Waals surface area contributed by atoms with E-state index in [9.17, 15) is 13.2 Å². The topological polar surface area (TPSA) is 35.2 Å². The minimum absolute atomic E-state index is 0.122. The fourth-order valence-corrected chi connectivity index (χ4v) is 2.14. The number of hydrogen-bond donors (Lipinski definition) is 1. The van der Waals surface area contributed by atoms with Crippen molar-refractivity contribution in [3.8, 4) is 5.75 Å². The summed E-state index contributed by atoms with van der Waals surface area (Å²) in [4.78, 5) is 0. The standard InChI is InChI=1S/C12H14F3NO/c1-11(2)6-9(16)7-4-3-5-8(10(7)17-11)12(13,14)15/h3-5,9H,6,16H2,1-2H3. The Bertz CT molecular complexity index is 440. The first kappa shape index (κ1) is 12.2. The fraction of sp³-hybridized carbons (Fsp3) is 0.500. The van der Waals surface area contributed by atoms with Crippen LogP contribution < -0.4 is 10.5 Å². The highest BCUT2D eigenvalue weighted by atomic mass is 19.4. The first-order valence-electron chi connectivity index (χ1n) is 5.35. The van der Waals surface area contributed by atoms with E-state index in [-0.39, 0.29) is 5.75 Å². The predicted molar refractivity (Wildman–Crippen MR) is 57.7 cm³/mol. The molecule has 0 bridgehead atoms. The molecule has 2 rings (SSSR count). The van der Waals surface area contributed by atoms with Gasteiger partial charge in [-0.2, -0.15) is 13.2 Å². The Balaban J connectivity index is 2.58. The molecular formula is C12H14F3NO. The summed E-state index contributed by atoms with van der Waals surface area (Å²) < 4.78 is 43.9. The van der Waals surface area contributed by atoms with Crippen LogP contribution in [0.15, 0.2) is 18.2 Å². The third-order valence-electron chi connectivity index (χ3n) is 2.84. The number of hydrogen-bond acceptors (Lipinski definition) is 2. The second kappa shape index (κ2) is 3.63. The zero-order chi connectivity index (χ0) is 12.8. The van der Waals surface area contributed by atoms with Gasteiger partial charge in [0.25, 0.3) is 0 Å². The normalized spacial score (nSPS) is 22.8. The van der Waals surface area contributed by atoms with Gasteiger partial charge in [0.2, 0.25) is 0 Å². The molecule has 94 valence electrons. The second-order valence-corrected chi connectivity index (χ2v) is 4.89. The van der Waals surface area contributed by atoms with Gasteiger partial charge in [-0.05, 0) is 19.9 Å². The Labute approximate surface area is 97.6 Å². The Kier molecular flexibility index (Phi) is 2.61. The molecule has 0 radical (unpaired) electrons. The summed E-state index contributed by atoms with van der Waals surface area (Å²) >= 11 is 0. The average Bonchev–Trinajstić information content (AvgIpc) is 2.13. The lowest BCUT2D eigenvalue weighted by molar-refractivity contribution is -0.140. The van der Waals surface area contributed by atoms with E-state index in [1.807, 2.05) is 0 Å². The Morgan fingerprint density at radius 3 is 2.59 bits per heavy atom. The van der Waals surface area contributed by atoms with Crippen molar-refractivity contribution >= 4 is 0 Å². The van der Waals surface area contributed by atoms with Crippen molar-refractivity contribution in [1.29, 1.82) is 0 Å². The van der Waals surface area contributed by atoms with Gasteiger partial charge in [-0.15, -0.1) is 0 Å². The van der Waals surface area contributed by atoms with Gasteiger partial charge < -0.3 is 10.5 Å². The van der Waals surface area contributed by atoms with Crippen LogP contribution in [0.2, 0.25) is 0 Å². The highest BCUT2D eigenvalue weighted by Crippen LogP contribution is 2.45. The van der Waals surface area contributed by atoms with Crippen molar-refractivity contribution in [2.75, 3.05) is 0 Å². The molecule has 0 aromatic heterocycles. The van der Waals surface area contributed by atoms with E-state index in [0.717, 1.165) is 6.07 Å². The van der Waals surface area contributed by atoms with Crippen LogP contribution in [-0.2, 0) is 6.18 Å². The van der Waals surface area contributed by atoms with E-state index in [1.165, 1.54) is 6.07 Å². The number of fused-ring (bicyclic) bond motifs is 1. The molecule has 0 amide bonds. The molecule has 0 fully saturated rings. The van der Waals surface area contributed by atoms with Crippen molar-refractivity contribution in [1.82, 2.24) is 0 Å². The Morgan fingerprint density at radius 2 is 2.00 bits per heavy atom. The summed E-state index contributed by atoms with van der Waals surface area (Å²) in [5, 5.41) is 0. The molecular weight excluding hydrogens is 231 g/mol. The molecule has 0 aliphatic carbocycles. The number of nitrogens with two attached hydrogens (primary N) is 1. The largest absolute Gasteiger partial charge is 0.487 e. The summed E-state index contributed by atoms with van der Waals surface area (Å²) in [5.74, 6) is -0.122. The number of benzene rings is 1. The van der Waals surface area contributed by atoms with Gasteiger partial charge in [-0.25, -0.2) is 0 Å². The summed E-state index contributed by atoms with van der Waals surface area (Å²) in [6.45, 7) is 3.48. The molecule has 1 aliphatic heterocycles. The summed E-state index contributed by atoms with van der Waals surface area (Å²) in [7, 11) is 0. The number of para-hydroxylation sites is 1. The van der Waals surface area contributed by atoms with Gasteiger partial charge in [0.05, 0.1) is 5.56 Å². The minimum atomic E-state index is -4.42. The molecule has 0 saturated heterocycles. The van der Waals surface area contributed by atoms with E-state index in [0.29, 0.717) is 12.0 Å². The van der Waals surface area contributed by atoms with Crippen LogP contribution >= 0.6 is 0 Å². The molecule has 1 aromatic carbocycles. The number of rotatable bonds is 0. The predicted octanol–water partition coefficient (Wildman–Crippen LogP) is 3.27. The van der Waals surface area contributed by atoms with Crippen LogP contribution in [0.4, 0.5) is 13.2 Å². The maximum atomic E-state index is 12.8. The average molecular weight is 245 g/mol. The van der Waals surface area contributed by atoms with E-state index in [2.05, 4.69) is 0 Å². The maximum Gasteiger partial charge on any atom is 0.419 e. The number of halogens is 3. The monoisotopic (exact) mass is 245 g/mol. The zero-order valence-corrected chi connectivity index (χ0v) is 9.64. The van der Waals surface area contributed by atoms with Crippen molar-refractivity contribution in [2.45, 2.75) is 38.1 Å². The van der Waals surface area contributed by atoms with Crippen molar-refractivity contribution in [3.05, 3.63) is 29.3 Å². The lowest BCUT2D eigenvalue weighted by Crippen LogP contribution is -2.38. The molecule has 17 heavy (non-hydrogen) atoms. The first-order chi connectivity index (χ1) is 7.71. The van der Waals surface area contributed by atoms with Gasteiger partial charge in [0, 0.05) is 18.0 Å². The van der Waals surface area contributed by atoms with Gasteiger partial charge in [0.1, 0.15) is 11.4 Å². The van der Waals surface area contributed by atoms with Crippen LogP contribution in [0.1, 0.15) is 37.4 Å². The molecule has 1 heterocycles. The van der Waals surface area contributed by atoms with Crippen molar-refractivity contribution < 1.29 is 17.9 Å². The zero-order valence-electron chi connectivity index (χ0n) is 9.64. The molecule has 1 aliphatic rings. The van der Waals surface area contributed by atoms with Crippen LogP contribution in [0.3, 0.4) is 0 Å². The first-order valence-corrected chi connectivity index (χ1v) is 5.35. The lowest BCUT2D eigenvalue weighted by Gasteiger charge is -2.37. The van der Waals surface area contributed by atoms with E-state index in [1.54, 1.807) is 19.9 Å². The Hall–Kier alpha value is -1.23. The molecule has 1 aromatic rings. The third-order valence-corrected chi connectivity index (χ3v) is 2.84. The molecule has 0 saturated carbocycles. The van der Waals surface area contributed by atoms with E-state index >= 15 is 0 Å². The minimum Gasteiger partial charge on any atom is -0.487 e. The summed E-state index contributed by atoms with van der Waals surface area (Å²) in [6, 6.07) is 3.55. The van der Waals surface area contributed by atoms with E-state index in [4.69, 9.17) is 10.5 Å². The Morgan fingerprint density at radius 1 is 1.35 bits per heavy atom. The molecule has 0 spiro atoms. The second-order valence-electron chi connectivity index (χ2n) is 4.89. The molecule has 2 N–H and O–H groups in total. The van der Waals surface area contributed by atoms with Gasteiger partial charge in [-0.1, -0.05) is 12.1 Å². The van der Waals surface area contributed by atoms with Crippen LogP contribution in [0, 0.1) is 0 Å². The highest BCUT2D eigenvalue weighted by molar-refractivity contribution is 5.46. The van der Waals surface area contributed by atoms with Gasteiger partial charge >= 0.3 is 6.18 Å². The van der Waals surface area contributed by atoms with Crippen LogP contribution in [0.25, 0.3) is 0 Å². The van der Waals surface area contributed by atoms with Crippen LogP contribution in [-0.4, -0.2) is 5.60 Å². The number of alkyl halides is 3. The molecule has 5 heteroatoms. The van der Waals surface area contributed by atoms with Crippen LogP contribution in [0.5, 0.6) is 5.75 Å².